The Labute approximate surface area is 129 Å². The first kappa shape index (κ1) is 15.8. The number of ether oxygens (including phenoxy) is 2. The van der Waals surface area contributed by atoms with Crippen molar-refractivity contribution in [3.05, 3.63) is 41.1 Å². The molecule has 114 valence electrons. The van der Waals surface area contributed by atoms with Crippen molar-refractivity contribution in [2.45, 2.75) is 19.4 Å². The lowest BCUT2D eigenvalue weighted by atomic mass is 10.1. The molecule has 0 saturated heterocycles. The Morgan fingerprint density at radius 2 is 2.00 bits per heavy atom. The van der Waals surface area contributed by atoms with Crippen molar-refractivity contribution in [3.63, 3.8) is 0 Å². The minimum Gasteiger partial charge on any atom is -0.497 e. The molecule has 5 heteroatoms. The monoisotopic (exact) mass is 307 g/mol. The van der Waals surface area contributed by atoms with Gasteiger partial charge in [-0.05, 0) is 36.8 Å². The molecule has 0 spiro atoms. The second-order valence-corrected chi connectivity index (χ2v) is 6.00. The van der Waals surface area contributed by atoms with Crippen molar-refractivity contribution in [1.82, 2.24) is 5.32 Å². The van der Waals surface area contributed by atoms with E-state index in [1.54, 1.807) is 18.9 Å². The Kier molecular flexibility index (Phi) is 5.56. The van der Waals surface area contributed by atoms with E-state index in [0.717, 1.165) is 34.8 Å². The molecule has 1 atom stereocenters. The van der Waals surface area contributed by atoms with E-state index >= 15 is 0 Å². The molecule has 1 heterocycles. The van der Waals surface area contributed by atoms with Gasteiger partial charge in [0.1, 0.15) is 5.75 Å². The SMILES string of the molecule is COC(=O)C1=C(N[C@@H](C)c2ccc(OC)cc2)CCSC1. The summed E-state index contributed by atoms with van der Waals surface area (Å²) < 4.78 is 10.0. The van der Waals surface area contributed by atoms with Gasteiger partial charge in [-0.25, -0.2) is 4.79 Å². The minimum atomic E-state index is -0.230. The van der Waals surface area contributed by atoms with Crippen LogP contribution in [0, 0.1) is 0 Å². The second kappa shape index (κ2) is 7.41. The van der Waals surface area contributed by atoms with E-state index in [-0.39, 0.29) is 12.0 Å². The molecular formula is C16H21NO3S. The van der Waals surface area contributed by atoms with Crippen molar-refractivity contribution in [1.29, 1.82) is 0 Å². The van der Waals surface area contributed by atoms with Crippen LogP contribution in [-0.4, -0.2) is 31.7 Å². The normalized spacial score (nSPS) is 16.3. The molecule has 0 amide bonds. The first-order chi connectivity index (χ1) is 10.2. The molecule has 1 aliphatic heterocycles. The number of rotatable bonds is 5. The lowest BCUT2D eigenvalue weighted by Gasteiger charge is -2.24. The summed E-state index contributed by atoms with van der Waals surface area (Å²) in [5.41, 5.74) is 2.92. The molecule has 0 fully saturated rings. The molecule has 0 saturated carbocycles. The summed E-state index contributed by atoms with van der Waals surface area (Å²) in [5, 5.41) is 3.46. The number of allylic oxidation sites excluding steroid dienone is 1. The summed E-state index contributed by atoms with van der Waals surface area (Å²) in [6.45, 7) is 2.09. The van der Waals surface area contributed by atoms with Gasteiger partial charge in [0.15, 0.2) is 0 Å². The van der Waals surface area contributed by atoms with Gasteiger partial charge in [0.2, 0.25) is 0 Å². The third kappa shape index (κ3) is 3.94. The first-order valence-electron chi connectivity index (χ1n) is 6.94. The van der Waals surface area contributed by atoms with E-state index in [2.05, 4.69) is 12.2 Å². The van der Waals surface area contributed by atoms with E-state index in [9.17, 15) is 4.79 Å². The topological polar surface area (TPSA) is 47.6 Å². The van der Waals surface area contributed by atoms with Crippen LogP contribution in [0.2, 0.25) is 0 Å². The Bertz CT molecular complexity index is 525. The highest BCUT2D eigenvalue weighted by molar-refractivity contribution is 7.99. The molecule has 0 radical (unpaired) electrons. The molecule has 0 unspecified atom stereocenters. The zero-order chi connectivity index (χ0) is 15.2. The molecule has 1 aromatic rings. The highest BCUT2D eigenvalue weighted by atomic mass is 32.2. The van der Waals surface area contributed by atoms with Gasteiger partial charge in [0.25, 0.3) is 0 Å². The Balaban J connectivity index is 2.13. The number of hydrogen-bond acceptors (Lipinski definition) is 5. The molecule has 21 heavy (non-hydrogen) atoms. The number of thioether (sulfide) groups is 1. The van der Waals surface area contributed by atoms with Crippen LogP contribution in [0.3, 0.4) is 0 Å². The average Bonchev–Trinajstić information content (AvgIpc) is 2.54. The second-order valence-electron chi connectivity index (χ2n) is 4.89. The van der Waals surface area contributed by atoms with Gasteiger partial charge in [-0.3, -0.25) is 0 Å². The van der Waals surface area contributed by atoms with E-state index in [0.29, 0.717) is 5.75 Å². The molecular weight excluding hydrogens is 286 g/mol. The number of esters is 1. The number of carbonyl (C=O) groups is 1. The predicted molar refractivity (Wildman–Crippen MR) is 85.5 cm³/mol. The molecule has 1 aliphatic rings. The standard InChI is InChI=1S/C16H21NO3S/c1-11(12-4-6-13(19-2)7-5-12)17-15-8-9-21-10-14(15)16(18)20-3/h4-7,11,17H,8-10H2,1-3H3/t11-/m0/s1. The molecule has 1 N–H and O–H groups in total. The third-order valence-electron chi connectivity index (χ3n) is 3.55. The van der Waals surface area contributed by atoms with Gasteiger partial charge in [0.05, 0.1) is 19.8 Å². The Morgan fingerprint density at radius 1 is 1.29 bits per heavy atom. The fourth-order valence-electron chi connectivity index (χ4n) is 2.29. The molecule has 2 rings (SSSR count). The molecule has 4 nitrogen and oxygen atoms in total. The van der Waals surface area contributed by atoms with E-state index in [1.165, 1.54) is 7.11 Å². The van der Waals surface area contributed by atoms with E-state index in [4.69, 9.17) is 9.47 Å². The Morgan fingerprint density at radius 3 is 2.62 bits per heavy atom. The van der Waals surface area contributed by atoms with Crippen LogP contribution in [0.15, 0.2) is 35.5 Å². The number of carbonyl (C=O) groups excluding carboxylic acids is 1. The summed E-state index contributed by atoms with van der Waals surface area (Å²) >= 11 is 1.76. The van der Waals surface area contributed by atoms with Crippen molar-refractivity contribution >= 4 is 17.7 Å². The van der Waals surface area contributed by atoms with Crippen molar-refractivity contribution in [2.24, 2.45) is 0 Å². The lowest BCUT2D eigenvalue weighted by Crippen LogP contribution is -2.26. The van der Waals surface area contributed by atoms with Crippen LogP contribution in [0.5, 0.6) is 5.75 Å². The summed E-state index contributed by atoms with van der Waals surface area (Å²) in [4.78, 5) is 11.8. The summed E-state index contributed by atoms with van der Waals surface area (Å²) in [6, 6.07) is 8.09. The highest BCUT2D eigenvalue weighted by Crippen LogP contribution is 2.26. The van der Waals surface area contributed by atoms with E-state index < -0.39 is 0 Å². The van der Waals surface area contributed by atoms with Crippen molar-refractivity contribution in [3.8, 4) is 5.75 Å². The number of methoxy groups -OCH3 is 2. The first-order valence-corrected chi connectivity index (χ1v) is 8.09. The molecule has 0 bridgehead atoms. The molecule has 1 aromatic carbocycles. The fourth-order valence-corrected chi connectivity index (χ4v) is 3.28. The smallest absolute Gasteiger partial charge is 0.336 e. The van der Waals surface area contributed by atoms with Gasteiger partial charge in [-0.2, -0.15) is 11.8 Å². The zero-order valence-electron chi connectivity index (χ0n) is 12.6. The summed E-state index contributed by atoms with van der Waals surface area (Å²) in [7, 11) is 3.09. The van der Waals surface area contributed by atoms with Gasteiger partial charge >= 0.3 is 5.97 Å². The van der Waals surface area contributed by atoms with Gasteiger partial charge in [-0.15, -0.1) is 0 Å². The van der Waals surface area contributed by atoms with Crippen LogP contribution >= 0.6 is 11.8 Å². The van der Waals surface area contributed by atoms with Crippen LogP contribution in [0.25, 0.3) is 0 Å². The number of hydrogen-bond donors (Lipinski definition) is 1. The molecule has 0 aromatic heterocycles. The largest absolute Gasteiger partial charge is 0.497 e. The van der Waals surface area contributed by atoms with E-state index in [1.807, 2.05) is 24.3 Å². The van der Waals surface area contributed by atoms with Crippen LogP contribution in [0.4, 0.5) is 0 Å². The highest BCUT2D eigenvalue weighted by Gasteiger charge is 2.21. The van der Waals surface area contributed by atoms with Crippen molar-refractivity contribution < 1.29 is 14.3 Å². The number of nitrogens with one attached hydrogen (secondary N) is 1. The summed E-state index contributed by atoms with van der Waals surface area (Å²) in [6.07, 6.45) is 0.871. The Hall–Kier alpha value is -1.62. The molecule has 0 aliphatic carbocycles. The third-order valence-corrected chi connectivity index (χ3v) is 4.53. The van der Waals surface area contributed by atoms with Gasteiger partial charge in [0, 0.05) is 17.5 Å². The minimum absolute atomic E-state index is 0.133. The average molecular weight is 307 g/mol. The predicted octanol–water partition coefficient (Wildman–Crippen LogP) is 2.91. The maximum absolute atomic E-state index is 11.8. The van der Waals surface area contributed by atoms with Crippen LogP contribution < -0.4 is 10.1 Å². The quantitative estimate of drug-likeness (QED) is 0.848. The maximum atomic E-state index is 11.8. The van der Waals surface area contributed by atoms with Gasteiger partial charge in [-0.1, -0.05) is 12.1 Å². The number of benzene rings is 1. The zero-order valence-corrected chi connectivity index (χ0v) is 13.5. The van der Waals surface area contributed by atoms with Crippen molar-refractivity contribution in [2.75, 3.05) is 25.7 Å². The lowest BCUT2D eigenvalue weighted by molar-refractivity contribution is -0.136. The fraction of sp³-hybridized carbons (Fsp3) is 0.438. The van der Waals surface area contributed by atoms with Crippen LogP contribution in [0.1, 0.15) is 24.9 Å². The van der Waals surface area contributed by atoms with Crippen LogP contribution in [-0.2, 0) is 9.53 Å². The van der Waals surface area contributed by atoms with Gasteiger partial charge < -0.3 is 14.8 Å². The summed E-state index contributed by atoms with van der Waals surface area (Å²) in [5.74, 6) is 2.35. The maximum Gasteiger partial charge on any atom is 0.336 e.